The topological polar surface area (TPSA) is 122 Å². The lowest BCUT2D eigenvalue weighted by Crippen LogP contribution is -2.47. The van der Waals surface area contributed by atoms with Gasteiger partial charge in [0.25, 0.3) is 0 Å². The van der Waals surface area contributed by atoms with Crippen LogP contribution in [0.1, 0.15) is 31.2 Å². The van der Waals surface area contributed by atoms with E-state index in [1.807, 2.05) is 0 Å². The van der Waals surface area contributed by atoms with Crippen LogP contribution >= 0.6 is 11.6 Å². The van der Waals surface area contributed by atoms with Gasteiger partial charge in [0, 0.05) is 56.1 Å². The average molecular weight is 571 g/mol. The first kappa shape index (κ1) is 27.7. The summed E-state index contributed by atoms with van der Waals surface area (Å²) in [6.07, 6.45) is 4.51. The van der Waals surface area contributed by atoms with Crippen LogP contribution in [0.4, 0.5) is 25.4 Å². The number of primary amides is 1. The van der Waals surface area contributed by atoms with Crippen LogP contribution in [0, 0.1) is 5.82 Å². The second-order valence-corrected chi connectivity index (χ2v) is 10.5. The SMILES string of the molecule is COC1CCN(c2cc(Cl)c(F)c(CNC(=O)[C@@H]3CCCN3C(=O)Nc3cn(C(N)=O)c4ccccc34)c2)CC1. The van der Waals surface area contributed by atoms with Crippen molar-refractivity contribution < 1.29 is 23.5 Å². The summed E-state index contributed by atoms with van der Waals surface area (Å²) in [5.74, 6) is -0.960. The normalized spacial score (nSPS) is 17.8. The summed E-state index contributed by atoms with van der Waals surface area (Å²) in [4.78, 5) is 41.8. The molecule has 40 heavy (non-hydrogen) atoms. The smallest absolute Gasteiger partial charge is 0.323 e. The monoisotopic (exact) mass is 570 g/mol. The van der Waals surface area contributed by atoms with Crippen LogP contribution in [0.3, 0.4) is 0 Å². The highest BCUT2D eigenvalue weighted by atomic mass is 35.5. The molecule has 3 aromatic rings. The second kappa shape index (κ2) is 11.7. The molecule has 2 aliphatic rings. The first-order valence-electron chi connectivity index (χ1n) is 13.3. The molecule has 0 bridgehead atoms. The quantitative estimate of drug-likeness (QED) is 0.408. The van der Waals surface area contributed by atoms with E-state index in [9.17, 15) is 18.8 Å². The number of benzene rings is 2. The van der Waals surface area contributed by atoms with E-state index in [0.29, 0.717) is 36.0 Å². The third kappa shape index (κ3) is 5.57. The van der Waals surface area contributed by atoms with Crippen molar-refractivity contribution >= 4 is 51.8 Å². The third-order valence-corrected chi connectivity index (χ3v) is 7.96. The summed E-state index contributed by atoms with van der Waals surface area (Å²) in [5, 5.41) is 6.24. The maximum atomic E-state index is 14.9. The minimum Gasteiger partial charge on any atom is -0.381 e. The van der Waals surface area contributed by atoms with Gasteiger partial charge in [-0.3, -0.25) is 9.36 Å². The lowest BCUT2D eigenvalue weighted by molar-refractivity contribution is -0.124. The van der Waals surface area contributed by atoms with Crippen molar-refractivity contribution in [1.82, 2.24) is 14.8 Å². The van der Waals surface area contributed by atoms with E-state index in [4.69, 9.17) is 22.1 Å². The number of nitrogens with zero attached hydrogens (tertiary/aromatic N) is 3. The largest absolute Gasteiger partial charge is 0.381 e. The highest BCUT2D eigenvalue weighted by molar-refractivity contribution is 6.31. The zero-order valence-electron chi connectivity index (χ0n) is 22.2. The van der Waals surface area contributed by atoms with Gasteiger partial charge < -0.3 is 30.9 Å². The second-order valence-electron chi connectivity index (χ2n) is 10.1. The Morgan fingerprint density at radius 3 is 2.60 bits per heavy atom. The van der Waals surface area contributed by atoms with Gasteiger partial charge in [-0.15, -0.1) is 0 Å². The Morgan fingerprint density at radius 1 is 1.12 bits per heavy atom. The fourth-order valence-electron chi connectivity index (χ4n) is 5.52. The lowest BCUT2D eigenvalue weighted by atomic mass is 10.1. The molecular formula is C28H32ClFN6O4. The first-order chi connectivity index (χ1) is 19.3. The number of carbonyl (C=O) groups is 3. The number of fused-ring (bicyclic) bond motifs is 1. The Labute approximate surface area is 236 Å². The standard InChI is InChI=1S/C28H32ClFN6O4/c1-40-19-8-11-34(12-9-19)18-13-17(25(30)21(29)14-18)15-32-26(37)24-7-4-10-35(24)28(39)33-22-16-36(27(31)38)23-6-3-2-5-20(22)23/h2-3,5-6,13-14,16,19,24H,4,7-12,15H2,1H3,(H2,31,38)(H,32,37)(H,33,39)/t24-/m0/s1. The molecule has 0 saturated carbocycles. The number of ether oxygens (including phenoxy) is 1. The van der Waals surface area contributed by atoms with Crippen molar-refractivity contribution in [1.29, 1.82) is 0 Å². The van der Waals surface area contributed by atoms with Crippen molar-refractivity contribution in [2.24, 2.45) is 5.73 Å². The molecule has 3 heterocycles. The molecule has 2 saturated heterocycles. The number of carbonyl (C=O) groups excluding carboxylic acids is 3. The molecule has 0 radical (unpaired) electrons. The Hall–Kier alpha value is -3.83. The summed E-state index contributed by atoms with van der Waals surface area (Å²) >= 11 is 6.21. The number of methoxy groups -OCH3 is 1. The van der Waals surface area contributed by atoms with Gasteiger partial charge >= 0.3 is 12.1 Å². The molecule has 0 unspecified atom stereocenters. The van der Waals surface area contributed by atoms with E-state index >= 15 is 0 Å². The Kier molecular flexibility index (Phi) is 8.13. The van der Waals surface area contributed by atoms with Crippen LogP contribution in [-0.4, -0.2) is 66.3 Å². The third-order valence-electron chi connectivity index (χ3n) is 7.69. The number of nitrogens with two attached hydrogens (primary N) is 1. The summed E-state index contributed by atoms with van der Waals surface area (Å²) in [5.41, 5.74) is 7.52. The van der Waals surface area contributed by atoms with E-state index in [1.54, 1.807) is 43.5 Å². The number of hydrogen-bond acceptors (Lipinski definition) is 5. The zero-order chi connectivity index (χ0) is 28.4. The molecule has 1 atom stereocenters. The van der Waals surface area contributed by atoms with Gasteiger partial charge in [0.15, 0.2) is 0 Å². The van der Waals surface area contributed by atoms with Crippen LogP contribution in [0.25, 0.3) is 10.9 Å². The number of para-hydroxylation sites is 1. The van der Waals surface area contributed by atoms with Crippen LogP contribution in [0.15, 0.2) is 42.6 Å². The lowest BCUT2D eigenvalue weighted by Gasteiger charge is -2.33. The highest BCUT2D eigenvalue weighted by Crippen LogP contribution is 2.30. The Morgan fingerprint density at radius 2 is 1.88 bits per heavy atom. The van der Waals surface area contributed by atoms with Gasteiger partial charge in [-0.2, -0.15) is 0 Å². The minimum absolute atomic E-state index is 0.00684. The van der Waals surface area contributed by atoms with Gasteiger partial charge in [0.2, 0.25) is 5.91 Å². The Balaban J connectivity index is 1.25. The van der Waals surface area contributed by atoms with Gasteiger partial charge in [0.1, 0.15) is 11.9 Å². The fourth-order valence-corrected chi connectivity index (χ4v) is 5.76. The van der Waals surface area contributed by atoms with Crippen LogP contribution < -0.4 is 21.3 Å². The minimum atomic E-state index is -0.723. The van der Waals surface area contributed by atoms with Gasteiger partial charge in [-0.25, -0.2) is 14.0 Å². The van der Waals surface area contributed by atoms with Crippen molar-refractivity contribution in [2.45, 2.75) is 44.4 Å². The molecule has 4 amide bonds. The van der Waals surface area contributed by atoms with Crippen LogP contribution in [0.5, 0.6) is 0 Å². The van der Waals surface area contributed by atoms with Gasteiger partial charge in [-0.05, 0) is 43.9 Å². The van der Waals surface area contributed by atoms with Crippen molar-refractivity contribution in [3.63, 3.8) is 0 Å². The van der Waals surface area contributed by atoms with E-state index in [2.05, 4.69) is 15.5 Å². The number of aromatic nitrogens is 1. The van der Waals surface area contributed by atoms with Crippen LogP contribution in [-0.2, 0) is 16.1 Å². The predicted molar refractivity (Wildman–Crippen MR) is 151 cm³/mol. The highest BCUT2D eigenvalue weighted by Gasteiger charge is 2.34. The molecule has 2 aliphatic heterocycles. The molecule has 10 nitrogen and oxygen atoms in total. The van der Waals surface area contributed by atoms with Gasteiger partial charge in [0.05, 0.1) is 22.3 Å². The number of anilines is 2. The molecule has 212 valence electrons. The van der Waals surface area contributed by atoms with Crippen molar-refractivity contribution in [3.8, 4) is 0 Å². The zero-order valence-corrected chi connectivity index (χ0v) is 22.9. The molecule has 0 aliphatic carbocycles. The summed E-state index contributed by atoms with van der Waals surface area (Å²) in [7, 11) is 1.70. The molecule has 1 aromatic heterocycles. The molecule has 5 rings (SSSR count). The maximum Gasteiger partial charge on any atom is 0.323 e. The molecule has 2 aromatic carbocycles. The van der Waals surface area contributed by atoms with Crippen LogP contribution in [0.2, 0.25) is 5.02 Å². The molecule has 2 fully saturated rings. The molecular weight excluding hydrogens is 539 g/mol. The van der Waals surface area contributed by atoms with Gasteiger partial charge in [-0.1, -0.05) is 29.8 Å². The number of amides is 4. The molecule has 12 heteroatoms. The summed E-state index contributed by atoms with van der Waals surface area (Å²) < 4.78 is 21.6. The maximum absolute atomic E-state index is 14.9. The summed E-state index contributed by atoms with van der Waals surface area (Å²) in [6.45, 7) is 1.84. The van der Waals surface area contributed by atoms with Crippen molar-refractivity contribution in [3.05, 3.63) is 59.0 Å². The Bertz CT molecular complexity index is 1440. The number of halogens is 2. The summed E-state index contributed by atoms with van der Waals surface area (Å²) in [6, 6.07) is 8.50. The van der Waals surface area contributed by atoms with E-state index in [-0.39, 0.29) is 29.1 Å². The number of likely N-dealkylation sites (tertiary alicyclic amines) is 1. The van der Waals surface area contributed by atoms with E-state index in [0.717, 1.165) is 31.6 Å². The molecule has 4 N–H and O–H groups in total. The number of piperidine rings is 1. The number of hydrogen-bond donors (Lipinski definition) is 3. The first-order valence-corrected chi connectivity index (χ1v) is 13.7. The van der Waals surface area contributed by atoms with E-state index < -0.39 is 23.9 Å². The number of nitrogens with one attached hydrogen (secondary N) is 2. The van der Waals surface area contributed by atoms with E-state index in [1.165, 1.54) is 15.7 Å². The number of urea groups is 1. The number of rotatable bonds is 6. The van der Waals surface area contributed by atoms with Crippen molar-refractivity contribution in [2.75, 3.05) is 37.0 Å². The average Bonchev–Trinajstić information content (AvgIpc) is 3.59. The molecule has 0 spiro atoms. The predicted octanol–water partition coefficient (Wildman–Crippen LogP) is 4.29. The fraction of sp³-hybridized carbons (Fsp3) is 0.393.